The van der Waals surface area contributed by atoms with Gasteiger partial charge in [-0.1, -0.05) is 12.1 Å². The van der Waals surface area contributed by atoms with E-state index in [4.69, 9.17) is 5.21 Å². The summed E-state index contributed by atoms with van der Waals surface area (Å²) in [5.74, 6) is -0.256. The number of hydrogen-bond acceptors (Lipinski definition) is 6. The molecule has 8 heteroatoms. The molecule has 0 unspecified atom stereocenters. The summed E-state index contributed by atoms with van der Waals surface area (Å²) in [6, 6.07) is 6.52. The summed E-state index contributed by atoms with van der Waals surface area (Å²) in [5.41, 5.74) is 2.83. The monoisotopic (exact) mass is 357 g/mol. The van der Waals surface area contributed by atoms with Crippen molar-refractivity contribution in [1.82, 2.24) is 20.8 Å². The van der Waals surface area contributed by atoms with Crippen molar-refractivity contribution in [1.29, 1.82) is 0 Å². The quantitative estimate of drug-likeness (QED) is 0.355. The Labute approximate surface area is 150 Å². The number of nitrogens with zero attached hydrogens (tertiary/aromatic N) is 2. The summed E-state index contributed by atoms with van der Waals surface area (Å²) < 4.78 is 13.1. The van der Waals surface area contributed by atoms with Crippen LogP contribution in [-0.4, -0.2) is 39.7 Å². The molecule has 1 atom stereocenters. The summed E-state index contributed by atoms with van der Waals surface area (Å²) in [7, 11) is 0. The van der Waals surface area contributed by atoms with Crippen LogP contribution < -0.4 is 16.1 Å². The third-order valence-electron chi connectivity index (χ3n) is 4.28. The molecule has 2 heterocycles. The standard InChI is InChI=1S/C18H20FN5O2/c19-14-3-1-13(2-4-14)9-18(7-8-20-12-18)23-16-11-21-15(10-22-16)5-6-17(25)24-26/h1-6,10-11,20,26H,7-9,12H2,(H,22,23)(H,24,25)/b6-5+/t18-/m0/s1. The second-order valence-corrected chi connectivity index (χ2v) is 6.27. The van der Waals surface area contributed by atoms with Gasteiger partial charge in [-0.25, -0.2) is 14.9 Å². The zero-order chi connectivity index (χ0) is 18.4. The van der Waals surface area contributed by atoms with Crippen LogP contribution in [0.3, 0.4) is 0 Å². The maximum Gasteiger partial charge on any atom is 0.267 e. The van der Waals surface area contributed by atoms with Crippen molar-refractivity contribution in [2.24, 2.45) is 0 Å². The summed E-state index contributed by atoms with van der Waals surface area (Å²) in [6.07, 6.45) is 7.39. The summed E-state index contributed by atoms with van der Waals surface area (Å²) in [4.78, 5) is 19.6. The number of hydroxylamine groups is 1. The van der Waals surface area contributed by atoms with Gasteiger partial charge in [-0.05, 0) is 43.2 Å². The van der Waals surface area contributed by atoms with Crippen molar-refractivity contribution in [3.63, 3.8) is 0 Å². The lowest BCUT2D eigenvalue weighted by atomic mass is 9.90. The first-order valence-electron chi connectivity index (χ1n) is 8.26. The Morgan fingerprint density at radius 3 is 2.73 bits per heavy atom. The van der Waals surface area contributed by atoms with Crippen LogP contribution in [0.25, 0.3) is 6.08 Å². The second-order valence-electron chi connectivity index (χ2n) is 6.27. The van der Waals surface area contributed by atoms with E-state index in [9.17, 15) is 9.18 Å². The van der Waals surface area contributed by atoms with E-state index >= 15 is 0 Å². The first-order valence-corrected chi connectivity index (χ1v) is 8.26. The van der Waals surface area contributed by atoms with Crippen molar-refractivity contribution in [3.8, 4) is 0 Å². The van der Waals surface area contributed by atoms with Gasteiger partial charge in [-0.2, -0.15) is 0 Å². The van der Waals surface area contributed by atoms with Gasteiger partial charge in [-0.15, -0.1) is 0 Å². The Morgan fingerprint density at radius 1 is 1.31 bits per heavy atom. The maximum absolute atomic E-state index is 13.1. The van der Waals surface area contributed by atoms with Crippen LogP contribution in [0.15, 0.2) is 42.7 Å². The molecular formula is C18H20FN5O2. The maximum atomic E-state index is 13.1. The molecule has 1 saturated heterocycles. The summed E-state index contributed by atoms with van der Waals surface area (Å²) in [6.45, 7) is 1.66. The van der Waals surface area contributed by atoms with Gasteiger partial charge in [0.1, 0.15) is 11.6 Å². The molecule has 0 spiro atoms. The molecule has 0 saturated carbocycles. The zero-order valence-electron chi connectivity index (χ0n) is 14.1. The molecule has 136 valence electrons. The van der Waals surface area contributed by atoms with Gasteiger partial charge in [0.15, 0.2) is 0 Å². The Morgan fingerprint density at radius 2 is 2.12 bits per heavy atom. The summed E-state index contributed by atoms with van der Waals surface area (Å²) in [5, 5.41) is 15.3. The number of amides is 1. The molecule has 1 fully saturated rings. The molecule has 0 radical (unpaired) electrons. The van der Waals surface area contributed by atoms with Crippen molar-refractivity contribution in [3.05, 3.63) is 59.8 Å². The van der Waals surface area contributed by atoms with Crippen LogP contribution in [0.4, 0.5) is 10.2 Å². The molecular weight excluding hydrogens is 337 g/mol. The molecule has 1 aromatic heterocycles. The largest absolute Gasteiger partial charge is 0.362 e. The van der Waals surface area contributed by atoms with Gasteiger partial charge < -0.3 is 10.6 Å². The number of halogens is 1. The first-order chi connectivity index (χ1) is 12.6. The molecule has 1 aliphatic rings. The van der Waals surface area contributed by atoms with E-state index in [-0.39, 0.29) is 11.4 Å². The van der Waals surface area contributed by atoms with Gasteiger partial charge in [0.25, 0.3) is 5.91 Å². The zero-order valence-corrected chi connectivity index (χ0v) is 14.1. The van der Waals surface area contributed by atoms with E-state index in [0.29, 0.717) is 11.5 Å². The molecule has 1 aliphatic heterocycles. The lowest BCUT2D eigenvalue weighted by Gasteiger charge is -2.30. The fraction of sp³-hybridized carbons (Fsp3) is 0.278. The van der Waals surface area contributed by atoms with Crippen LogP contribution in [0.5, 0.6) is 0 Å². The van der Waals surface area contributed by atoms with E-state index in [1.54, 1.807) is 18.3 Å². The van der Waals surface area contributed by atoms with Gasteiger partial charge >= 0.3 is 0 Å². The molecule has 0 bridgehead atoms. The van der Waals surface area contributed by atoms with E-state index in [0.717, 1.165) is 37.6 Å². The number of hydrogen-bond donors (Lipinski definition) is 4. The Hall–Kier alpha value is -2.84. The molecule has 2 aromatic rings. The summed E-state index contributed by atoms with van der Waals surface area (Å²) >= 11 is 0. The highest BCUT2D eigenvalue weighted by Crippen LogP contribution is 2.25. The Balaban J connectivity index is 1.70. The number of aromatic nitrogens is 2. The number of rotatable bonds is 6. The van der Waals surface area contributed by atoms with Crippen molar-refractivity contribution in [2.45, 2.75) is 18.4 Å². The molecule has 1 aromatic carbocycles. The number of carbonyl (C=O) groups is 1. The minimum absolute atomic E-state index is 0.222. The van der Waals surface area contributed by atoms with Crippen LogP contribution in [0.2, 0.25) is 0 Å². The molecule has 4 N–H and O–H groups in total. The molecule has 26 heavy (non-hydrogen) atoms. The Kier molecular flexibility index (Phi) is 5.55. The highest BCUT2D eigenvalue weighted by molar-refractivity contribution is 5.90. The number of carbonyl (C=O) groups excluding carboxylic acids is 1. The van der Waals surface area contributed by atoms with Crippen molar-refractivity contribution < 1.29 is 14.4 Å². The molecule has 3 rings (SSSR count). The Bertz CT molecular complexity index is 771. The average molecular weight is 357 g/mol. The van der Waals surface area contributed by atoms with Crippen LogP contribution in [-0.2, 0) is 11.2 Å². The normalized spacial score (nSPS) is 19.6. The lowest BCUT2D eigenvalue weighted by molar-refractivity contribution is -0.124. The fourth-order valence-electron chi connectivity index (χ4n) is 3.00. The minimum atomic E-state index is -0.635. The second kappa shape index (κ2) is 8.03. The third-order valence-corrected chi connectivity index (χ3v) is 4.28. The predicted octanol–water partition coefficient (Wildman–Crippen LogP) is 1.52. The minimum Gasteiger partial charge on any atom is -0.362 e. The molecule has 0 aliphatic carbocycles. The SMILES string of the molecule is O=C(/C=C/c1cnc(N[C@]2(Cc3ccc(F)cc3)CCNC2)cn1)NO. The van der Waals surface area contributed by atoms with E-state index in [1.807, 2.05) is 0 Å². The highest BCUT2D eigenvalue weighted by Gasteiger charge is 2.34. The van der Waals surface area contributed by atoms with Gasteiger partial charge in [0.2, 0.25) is 0 Å². The van der Waals surface area contributed by atoms with E-state index in [2.05, 4.69) is 20.6 Å². The van der Waals surface area contributed by atoms with Gasteiger partial charge in [-0.3, -0.25) is 15.0 Å². The lowest BCUT2D eigenvalue weighted by Crippen LogP contribution is -2.43. The van der Waals surface area contributed by atoms with Crippen molar-refractivity contribution in [2.75, 3.05) is 18.4 Å². The number of anilines is 1. The van der Waals surface area contributed by atoms with Gasteiger partial charge in [0.05, 0.1) is 23.6 Å². The van der Waals surface area contributed by atoms with Crippen LogP contribution in [0.1, 0.15) is 17.7 Å². The van der Waals surface area contributed by atoms with Crippen LogP contribution in [0, 0.1) is 5.82 Å². The smallest absolute Gasteiger partial charge is 0.267 e. The highest BCUT2D eigenvalue weighted by atomic mass is 19.1. The van der Waals surface area contributed by atoms with Crippen LogP contribution >= 0.6 is 0 Å². The average Bonchev–Trinajstić information content (AvgIpc) is 3.11. The van der Waals surface area contributed by atoms with E-state index in [1.165, 1.54) is 29.9 Å². The predicted molar refractivity (Wildman–Crippen MR) is 94.9 cm³/mol. The number of benzene rings is 1. The van der Waals surface area contributed by atoms with E-state index < -0.39 is 5.91 Å². The third kappa shape index (κ3) is 4.62. The number of nitrogens with one attached hydrogen (secondary N) is 3. The molecule has 1 amide bonds. The molecule has 7 nitrogen and oxygen atoms in total. The first kappa shape index (κ1) is 18.0. The van der Waals surface area contributed by atoms with Gasteiger partial charge in [0, 0.05) is 12.6 Å². The fourth-order valence-corrected chi connectivity index (χ4v) is 3.00. The van der Waals surface area contributed by atoms with Crippen molar-refractivity contribution >= 4 is 17.8 Å². The topological polar surface area (TPSA) is 99.2 Å².